The van der Waals surface area contributed by atoms with Gasteiger partial charge in [0.25, 0.3) is 0 Å². The largest absolute Gasteiger partial charge is 0.351 e. The third-order valence-corrected chi connectivity index (χ3v) is 3.84. The summed E-state index contributed by atoms with van der Waals surface area (Å²) in [6.07, 6.45) is 4.48. The molecule has 2 aliphatic carbocycles. The van der Waals surface area contributed by atoms with Gasteiger partial charge in [-0.05, 0) is 37.8 Å². The van der Waals surface area contributed by atoms with E-state index in [0.29, 0.717) is 23.7 Å². The molecule has 4 rings (SSSR count). The van der Waals surface area contributed by atoms with Crippen LogP contribution in [0.1, 0.15) is 37.3 Å². The number of hydrogen-bond donors (Lipinski definition) is 2. The molecule has 4 nitrogen and oxygen atoms in total. The van der Waals surface area contributed by atoms with Crippen LogP contribution >= 0.6 is 0 Å². The Kier molecular flexibility index (Phi) is 3.17. The second-order valence-corrected chi connectivity index (χ2v) is 5.94. The average molecular weight is 302 g/mol. The SMILES string of the molecule is Fc1ccc(F)c(Nc2cc(C3CC3)nc(NC3CC3)n2)c1. The molecule has 0 saturated heterocycles. The van der Waals surface area contributed by atoms with Gasteiger partial charge >= 0.3 is 0 Å². The van der Waals surface area contributed by atoms with Crippen LogP contribution in [0.3, 0.4) is 0 Å². The molecule has 2 aliphatic rings. The number of nitrogens with zero attached hydrogens (tertiary/aromatic N) is 2. The Hall–Kier alpha value is -2.24. The van der Waals surface area contributed by atoms with Crippen LogP contribution in [0.25, 0.3) is 0 Å². The third-order valence-electron chi connectivity index (χ3n) is 3.84. The monoisotopic (exact) mass is 302 g/mol. The minimum atomic E-state index is -0.510. The molecule has 0 spiro atoms. The van der Waals surface area contributed by atoms with E-state index in [9.17, 15) is 8.78 Å². The van der Waals surface area contributed by atoms with Crippen LogP contribution in [0.2, 0.25) is 0 Å². The molecule has 2 fully saturated rings. The van der Waals surface area contributed by atoms with Crippen molar-refractivity contribution < 1.29 is 8.78 Å². The molecule has 1 aromatic carbocycles. The van der Waals surface area contributed by atoms with Gasteiger partial charge in [-0.25, -0.2) is 13.8 Å². The maximum Gasteiger partial charge on any atom is 0.225 e. The standard InChI is InChI=1S/C16H16F2N4/c17-10-3-6-12(18)14(7-10)20-15-8-13(9-1-2-9)21-16(22-15)19-11-4-5-11/h3,6-9,11H,1-2,4-5H2,(H2,19,20,21,22). The minimum absolute atomic E-state index is 0.0813. The molecular weight excluding hydrogens is 286 g/mol. The molecule has 0 radical (unpaired) electrons. The van der Waals surface area contributed by atoms with Crippen molar-refractivity contribution in [1.29, 1.82) is 0 Å². The Balaban J connectivity index is 1.64. The van der Waals surface area contributed by atoms with Crippen molar-refractivity contribution in [2.45, 2.75) is 37.6 Å². The number of hydrogen-bond acceptors (Lipinski definition) is 4. The van der Waals surface area contributed by atoms with E-state index in [0.717, 1.165) is 49.6 Å². The van der Waals surface area contributed by atoms with Gasteiger partial charge in [-0.2, -0.15) is 4.98 Å². The van der Waals surface area contributed by atoms with E-state index >= 15 is 0 Å². The van der Waals surface area contributed by atoms with Crippen LogP contribution in [0.4, 0.5) is 26.2 Å². The lowest BCUT2D eigenvalue weighted by atomic mass is 10.2. The fourth-order valence-corrected chi connectivity index (χ4v) is 2.32. The molecule has 2 aromatic rings. The zero-order chi connectivity index (χ0) is 15.1. The van der Waals surface area contributed by atoms with E-state index in [2.05, 4.69) is 20.6 Å². The predicted molar refractivity (Wildman–Crippen MR) is 80.3 cm³/mol. The second kappa shape index (κ2) is 5.19. The van der Waals surface area contributed by atoms with E-state index in [1.54, 1.807) is 0 Å². The Morgan fingerprint density at radius 1 is 1.00 bits per heavy atom. The summed E-state index contributed by atoms with van der Waals surface area (Å²) in [6.45, 7) is 0. The summed E-state index contributed by atoms with van der Waals surface area (Å²) in [5.74, 6) is 0.512. The van der Waals surface area contributed by atoms with Gasteiger partial charge < -0.3 is 10.6 Å². The Bertz CT molecular complexity index is 711. The first kappa shape index (κ1) is 13.4. The fraction of sp³-hybridized carbons (Fsp3) is 0.375. The smallest absolute Gasteiger partial charge is 0.225 e. The summed E-state index contributed by atoms with van der Waals surface area (Å²) in [5.41, 5.74) is 1.04. The Morgan fingerprint density at radius 3 is 2.55 bits per heavy atom. The molecule has 0 bridgehead atoms. The van der Waals surface area contributed by atoms with Gasteiger partial charge in [-0.3, -0.25) is 0 Å². The highest BCUT2D eigenvalue weighted by Gasteiger charge is 2.28. The second-order valence-electron chi connectivity index (χ2n) is 5.94. The lowest BCUT2D eigenvalue weighted by molar-refractivity contribution is 0.603. The number of rotatable bonds is 5. The fourth-order valence-electron chi connectivity index (χ4n) is 2.32. The highest BCUT2D eigenvalue weighted by Crippen LogP contribution is 2.40. The van der Waals surface area contributed by atoms with E-state index in [1.807, 2.05) is 6.07 Å². The topological polar surface area (TPSA) is 49.8 Å². The molecule has 1 heterocycles. The van der Waals surface area contributed by atoms with Gasteiger partial charge in [-0.15, -0.1) is 0 Å². The van der Waals surface area contributed by atoms with Crippen molar-refractivity contribution >= 4 is 17.5 Å². The normalized spacial score (nSPS) is 17.4. The summed E-state index contributed by atoms with van der Waals surface area (Å²) in [5, 5.41) is 6.13. The summed E-state index contributed by atoms with van der Waals surface area (Å²) in [6, 6.07) is 5.58. The number of anilines is 3. The Labute approximate surface area is 127 Å². The molecule has 1 aromatic heterocycles. The average Bonchev–Trinajstić information content (AvgIpc) is 3.35. The van der Waals surface area contributed by atoms with Crippen molar-refractivity contribution in [2.24, 2.45) is 0 Å². The highest BCUT2D eigenvalue weighted by atomic mass is 19.1. The van der Waals surface area contributed by atoms with Gasteiger partial charge in [0.1, 0.15) is 17.5 Å². The van der Waals surface area contributed by atoms with Crippen molar-refractivity contribution in [2.75, 3.05) is 10.6 Å². The van der Waals surface area contributed by atoms with Crippen LogP contribution in [0, 0.1) is 11.6 Å². The van der Waals surface area contributed by atoms with E-state index in [-0.39, 0.29) is 5.69 Å². The molecule has 114 valence electrons. The van der Waals surface area contributed by atoms with Crippen LogP contribution in [-0.2, 0) is 0 Å². The lowest BCUT2D eigenvalue weighted by Crippen LogP contribution is -2.08. The zero-order valence-electron chi connectivity index (χ0n) is 11.9. The van der Waals surface area contributed by atoms with Gasteiger partial charge in [-0.1, -0.05) is 0 Å². The molecule has 22 heavy (non-hydrogen) atoms. The van der Waals surface area contributed by atoms with Crippen LogP contribution in [0.15, 0.2) is 24.3 Å². The van der Waals surface area contributed by atoms with Crippen LogP contribution in [0.5, 0.6) is 0 Å². The molecule has 2 N–H and O–H groups in total. The molecular formula is C16H16F2N4. The van der Waals surface area contributed by atoms with E-state index < -0.39 is 11.6 Å². The number of halogens is 2. The molecule has 0 aliphatic heterocycles. The molecule has 6 heteroatoms. The first-order chi connectivity index (χ1) is 10.7. The van der Waals surface area contributed by atoms with Crippen molar-refractivity contribution in [3.8, 4) is 0 Å². The van der Waals surface area contributed by atoms with Crippen molar-refractivity contribution in [1.82, 2.24) is 9.97 Å². The Morgan fingerprint density at radius 2 is 1.82 bits per heavy atom. The van der Waals surface area contributed by atoms with Gasteiger partial charge in [0.15, 0.2) is 0 Å². The first-order valence-electron chi connectivity index (χ1n) is 7.55. The summed E-state index contributed by atoms with van der Waals surface area (Å²) >= 11 is 0. The minimum Gasteiger partial charge on any atom is -0.351 e. The number of nitrogens with one attached hydrogen (secondary N) is 2. The van der Waals surface area contributed by atoms with Crippen molar-refractivity contribution in [3.05, 3.63) is 41.6 Å². The molecule has 0 unspecified atom stereocenters. The van der Waals surface area contributed by atoms with E-state index in [1.165, 1.54) is 0 Å². The molecule has 0 atom stereocenters. The summed E-state index contributed by atoms with van der Waals surface area (Å²) in [4.78, 5) is 8.89. The summed E-state index contributed by atoms with van der Waals surface area (Å²) in [7, 11) is 0. The lowest BCUT2D eigenvalue weighted by Gasteiger charge is -2.11. The highest BCUT2D eigenvalue weighted by molar-refractivity contribution is 5.58. The van der Waals surface area contributed by atoms with Gasteiger partial charge in [0.2, 0.25) is 5.95 Å². The van der Waals surface area contributed by atoms with Crippen LogP contribution < -0.4 is 10.6 Å². The first-order valence-corrected chi connectivity index (χ1v) is 7.55. The van der Waals surface area contributed by atoms with Gasteiger partial charge in [0, 0.05) is 24.1 Å². The predicted octanol–water partition coefficient (Wildman–Crippen LogP) is 3.95. The quantitative estimate of drug-likeness (QED) is 0.878. The maximum atomic E-state index is 13.8. The third kappa shape index (κ3) is 3.00. The van der Waals surface area contributed by atoms with E-state index in [4.69, 9.17) is 0 Å². The summed E-state index contributed by atoms with van der Waals surface area (Å²) < 4.78 is 27.0. The number of benzene rings is 1. The van der Waals surface area contributed by atoms with Crippen LogP contribution in [-0.4, -0.2) is 16.0 Å². The molecule has 0 amide bonds. The van der Waals surface area contributed by atoms with Gasteiger partial charge in [0.05, 0.1) is 11.4 Å². The van der Waals surface area contributed by atoms with Crippen molar-refractivity contribution in [3.63, 3.8) is 0 Å². The molecule has 2 saturated carbocycles. The zero-order valence-corrected chi connectivity index (χ0v) is 11.9. The number of aromatic nitrogens is 2. The maximum absolute atomic E-state index is 13.8.